The van der Waals surface area contributed by atoms with Crippen molar-refractivity contribution in [3.05, 3.63) is 17.0 Å². The fraction of sp³-hybridized carbons (Fsp3) is 0.500. The Morgan fingerprint density at radius 2 is 2.24 bits per heavy atom. The first-order chi connectivity index (χ1) is 8.08. The summed E-state index contributed by atoms with van der Waals surface area (Å²) < 4.78 is 0. The Bertz CT molecular complexity index is 429. The molecule has 0 saturated heterocycles. The SMILES string of the molecule is CCCCC1=NC(C)=C(CC(=O)O)C(=C=O)N1. The van der Waals surface area contributed by atoms with Crippen molar-refractivity contribution in [1.82, 2.24) is 5.32 Å². The molecule has 0 amide bonds. The van der Waals surface area contributed by atoms with Gasteiger partial charge in [-0.25, -0.2) is 9.79 Å². The average molecular weight is 236 g/mol. The number of carboxylic acids is 1. The van der Waals surface area contributed by atoms with E-state index in [1.165, 1.54) is 0 Å². The molecule has 0 bridgehead atoms. The molecular formula is C12H16N2O3. The molecule has 1 heterocycles. The monoisotopic (exact) mass is 236 g/mol. The Labute approximate surface area is 99.9 Å². The zero-order valence-corrected chi connectivity index (χ0v) is 10.0. The third-order valence-corrected chi connectivity index (χ3v) is 2.51. The lowest BCUT2D eigenvalue weighted by atomic mass is 10.1. The first-order valence-corrected chi connectivity index (χ1v) is 5.60. The van der Waals surface area contributed by atoms with Crippen molar-refractivity contribution in [3.63, 3.8) is 0 Å². The van der Waals surface area contributed by atoms with E-state index in [0.717, 1.165) is 19.3 Å². The predicted octanol–water partition coefficient (Wildman–Crippen LogP) is 1.64. The zero-order valence-electron chi connectivity index (χ0n) is 10.0. The molecule has 5 heteroatoms. The normalized spacial score (nSPS) is 15.2. The molecule has 2 N–H and O–H groups in total. The summed E-state index contributed by atoms with van der Waals surface area (Å²) >= 11 is 0. The van der Waals surface area contributed by atoms with Gasteiger partial charge in [-0.2, -0.15) is 0 Å². The highest BCUT2D eigenvalue weighted by atomic mass is 16.4. The van der Waals surface area contributed by atoms with Crippen LogP contribution in [0.4, 0.5) is 0 Å². The highest BCUT2D eigenvalue weighted by molar-refractivity contribution is 5.90. The van der Waals surface area contributed by atoms with Gasteiger partial charge in [-0.3, -0.25) is 4.79 Å². The highest BCUT2D eigenvalue weighted by Crippen LogP contribution is 2.21. The number of carboxylic acid groups (broad SMARTS) is 1. The quantitative estimate of drug-likeness (QED) is 0.711. The van der Waals surface area contributed by atoms with Gasteiger partial charge < -0.3 is 10.4 Å². The van der Waals surface area contributed by atoms with E-state index >= 15 is 0 Å². The van der Waals surface area contributed by atoms with Crippen LogP contribution in [-0.4, -0.2) is 22.9 Å². The lowest BCUT2D eigenvalue weighted by molar-refractivity contribution is -0.136. The molecule has 92 valence electrons. The molecule has 1 aliphatic rings. The number of carbonyl (C=O) groups excluding carboxylic acids is 1. The van der Waals surface area contributed by atoms with Gasteiger partial charge in [-0.15, -0.1) is 0 Å². The largest absolute Gasteiger partial charge is 0.481 e. The lowest BCUT2D eigenvalue weighted by Gasteiger charge is -2.19. The van der Waals surface area contributed by atoms with Gasteiger partial charge in [0.05, 0.1) is 6.42 Å². The first-order valence-electron chi connectivity index (χ1n) is 5.60. The summed E-state index contributed by atoms with van der Waals surface area (Å²) in [6.45, 7) is 3.78. The number of allylic oxidation sites excluding steroid dienone is 2. The van der Waals surface area contributed by atoms with Crippen LogP contribution in [0, 0.1) is 0 Å². The van der Waals surface area contributed by atoms with Crippen LogP contribution in [0.2, 0.25) is 0 Å². The molecule has 0 aliphatic carbocycles. The van der Waals surface area contributed by atoms with Crippen LogP contribution in [0.1, 0.15) is 39.5 Å². The van der Waals surface area contributed by atoms with Crippen LogP contribution in [0.3, 0.4) is 0 Å². The molecule has 0 unspecified atom stereocenters. The first kappa shape index (κ1) is 13.2. The van der Waals surface area contributed by atoms with E-state index in [2.05, 4.69) is 17.2 Å². The van der Waals surface area contributed by atoms with Crippen molar-refractivity contribution in [2.75, 3.05) is 0 Å². The van der Waals surface area contributed by atoms with Gasteiger partial charge in [0.1, 0.15) is 11.5 Å². The summed E-state index contributed by atoms with van der Waals surface area (Å²) in [4.78, 5) is 25.8. The van der Waals surface area contributed by atoms with Crippen molar-refractivity contribution in [3.8, 4) is 0 Å². The Hall–Kier alpha value is -1.87. The molecule has 0 aromatic carbocycles. The van der Waals surface area contributed by atoms with Gasteiger partial charge in [0.15, 0.2) is 5.94 Å². The lowest BCUT2D eigenvalue weighted by Crippen LogP contribution is -2.29. The van der Waals surface area contributed by atoms with Crippen molar-refractivity contribution in [1.29, 1.82) is 0 Å². The minimum absolute atomic E-state index is 0.200. The number of unbranched alkanes of at least 4 members (excludes halogenated alkanes) is 1. The van der Waals surface area contributed by atoms with E-state index in [0.29, 0.717) is 17.1 Å². The molecular weight excluding hydrogens is 220 g/mol. The van der Waals surface area contributed by atoms with Gasteiger partial charge in [0, 0.05) is 17.7 Å². The van der Waals surface area contributed by atoms with Gasteiger partial charge in [-0.05, 0) is 13.3 Å². The molecule has 5 nitrogen and oxygen atoms in total. The van der Waals surface area contributed by atoms with Crippen LogP contribution in [-0.2, 0) is 9.59 Å². The summed E-state index contributed by atoms with van der Waals surface area (Å²) in [5.74, 6) is 1.47. The third kappa shape index (κ3) is 3.57. The summed E-state index contributed by atoms with van der Waals surface area (Å²) in [7, 11) is 0. The van der Waals surface area contributed by atoms with Crippen molar-refractivity contribution >= 4 is 17.7 Å². The van der Waals surface area contributed by atoms with E-state index in [-0.39, 0.29) is 12.1 Å². The van der Waals surface area contributed by atoms with Crippen molar-refractivity contribution in [2.24, 2.45) is 4.99 Å². The molecule has 0 radical (unpaired) electrons. The molecule has 0 fully saturated rings. The summed E-state index contributed by atoms with van der Waals surface area (Å²) in [6, 6.07) is 0. The van der Waals surface area contributed by atoms with Gasteiger partial charge in [0.2, 0.25) is 0 Å². The number of nitrogens with one attached hydrogen (secondary N) is 1. The van der Waals surface area contributed by atoms with Crippen LogP contribution in [0.25, 0.3) is 0 Å². The Balaban J connectivity index is 2.96. The maximum absolute atomic E-state index is 10.8. The number of hydrogen-bond donors (Lipinski definition) is 2. The van der Waals surface area contributed by atoms with E-state index in [1.807, 2.05) is 0 Å². The summed E-state index contributed by atoms with van der Waals surface area (Å²) in [6.07, 6.45) is 2.54. The average Bonchev–Trinajstić information content (AvgIpc) is 2.28. The van der Waals surface area contributed by atoms with E-state index in [9.17, 15) is 9.59 Å². The minimum Gasteiger partial charge on any atom is -0.481 e. The number of hydrogen-bond acceptors (Lipinski definition) is 4. The molecule has 0 spiro atoms. The van der Waals surface area contributed by atoms with Gasteiger partial charge in [-0.1, -0.05) is 13.3 Å². The second-order valence-corrected chi connectivity index (χ2v) is 3.90. The number of aliphatic carboxylic acids is 1. The number of nitrogens with zero attached hydrogens (tertiary/aromatic N) is 1. The smallest absolute Gasteiger partial charge is 0.307 e. The van der Waals surface area contributed by atoms with Crippen LogP contribution < -0.4 is 5.32 Å². The number of amidine groups is 1. The molecule has 17 heavy (non-hydrogen) atoms. The Morgan fingerprint density at radius 1 is 1.53 bits per heavy atom. The minimum atomic E-state index is -0.985. The van der Waals surface area contributed by atoms with E-state index < -0.39 is 5.97 Å². The second-order valence-electron chi connectivity index (χ2n) is 3.90. The molecule has 0 aromatic heterocycles. The van der Waals surface area contributed by atoms with Crippen molar-refractivity contribution in [2.45, 2.75) is 39.5 Å². The predicted molar refractivity (Wildman–Crippen MR) is 64.3 cm³/mol. The molecule has 0 atom stereocenters. The number of carbonyl (C=O) groups is 1. The number of aliphatic imine (C=N–C) groups is 1. The number of rotatable bonds is 5. The maximum Gasteiger partial charge on any atom is 0.307 e. The molecule has 1 aliphatic heterocycles. The fourth-order valence-electron chi connectivity index (χ4n) is 1.62. The van der Waals surface area contributed by atoms with Crippen LogP contribution in [0.5, 0.6) is 0 Å². The highest BCUT2D eigenvalue weighted by Gasteiger charge is 2.19. The third-order valence-electron chi connectivity index (χ3n) is 2.51. The zero-order chi connectivity index (χ0) is 12.8. The standard InChI is InChI=1S/C12H16N2O3/c1-3-4-5-11-13-8(2)9(6-12(16)17)10(7-15)14-11/h3-6H2,1-2H3,(H,13,14)(H,16,17). The van der Waals surface area contributed by atoms with E-state index in [1.54, 1.807) is 12.9 Å². The molecule has 0 aromatic rings. The van der Waals surface area contributed by atoms with Crippen LogP contribution in [0.15, 0.2) is 22.0 Å². The Morgan fingerprint density at radius 3 is 2.76 bits per heavy atom. The van der Waals surface area contributed by atoms with Gasteiger partial charge in [0.25, 0.3) is 0 Å². The summed E-state index contributed by atoms with van der Waals surface area (Å²) in [5, 5.41) is 11.6. The molecule has 0 saturated carbocycles. The maximum atomic E-state index is 10.8. The Kier molecular flexibility index (Phi) is 4.67. The summed E-state index contributed by atoms with van der Waals surface area (Å²) in [5.41, 5.74) is 1.19. The van der Waals surface area contributed by atoms with Crippen molar-refractivity contribution < 1.29 is 14.7 Å². The second kappa shape index (κ2) is 6.01. The van der Waals surface area contributed by atoms with Gasteiger partial charge >= 0.3 is 5.97 Å². The topological polar surface area (TPSA) is 78.8 Å². The van der Waals surface area contributed by atoms with E-state index in [4.69, 9.17) is 5.11 Å². The fourth-order valence-corrected chi connectivity index (χ4v) is 1.62. The van der Waals surface area contributed by atoms with Crippen LogP contribution >= 0.6 is 0 Å². The molecule has 1 rings (SSSR count).